The van der Waals surface area contributed by atoms with Crippen LogP contribution < -0.4 is 9.47 Å². The van der Waals surface area contributed by atoms with E-state index in [1.54, 1.807) is 33.3 Å². The first-order valence-electron chi connectivity index (χ1n) is 8.62. The monoisotopic (exact) mass is 369 g/mol. The number of carbonyl (C=O) groups excluding carboxylic acids is 2. The van der Waals surface area contributed by atoms with E-state index in [2.05, 4.69) is 9.98 Å². The molecule has 3 amide bonds. The van der Waals surface area contributed by atoms with Gasteiger partial charge in [-0.3, -0.25) is 0 Å². The predicted molar refractivity (Wildman–Crippen MR) is 102 cm³/mol. The van der Waals surface area contributed by atoms with Crippen LogP contribution in [0.3, 0.4) is 0 Å². The molecular formula is C19H21N4O4+. The van der Waals surface area contributed by atoms with Crippen LogP contribution in [0.1, 0.15) is 19.4 Å². The van der Waals surface area contributed by atoms with Crippen LogP contribution in [0.15, 0.2) is 34.3 Å². The van der Waals surface area contributed by atoms with Gasteiger partial charge in [0.15, 0.2) is 11.5 Å². The van der Waals surface area contributed by atoms with Crippen molar-refractivity contribution in [3.05, 3.63) is 29.8 Å². The predicted octanol–water partition coefficient (Wildman–Crippen LogP) is 1.98. The van der Waals surface area contributed by atoms with Gasteiger partial charge in [0.25, 0.3) is 0 Å². The Balaban J connectivity index is 1.93. The smallest absolute Gasteiger partial charge is 0.446 e. The number of benzene rings is 1. The third kappa shape index (κ3) is 3.25. The maximum atomic E-state index is 12.5. The number of hydrogen-bond acceptors (Lipinski definition) is 6. The number of carbonyl (C=O) groups is 2. The molecule has 2 aliphatic heterocycles. The van der Waals surface area contributed by atoms with E-state index in [0.29, 0.717) is 29.7 Å². The largest absolute Gasteiger partial charge is 0.493 e. The lowest BCUT2D eigenvalue weighted by molar-refractivity contribution is -0.431. The first kappa shape index (κ1) is 18.5. The SMILES string of the molecule is CCN1C(=O)C2=NC(C=Cc3ccc(OC)c(OC)c3)=NC2=[N+](CC)C1=O. The normalized spacial score (nSPS) is 16.7. The van der Waals surface area contributed by atoms with Crippen molar-refractivity contribution in [2.45, 2.75) is 13.8 Å². The Morgan fingerprint density at radius 2 is 1.81 bits per heavy atom. The number of hydrogen-bond donors (Lipinski definition) is 0. The first-order valence-corrected chi connectivity index (χ1v) is 8.62. The summed E-state index contributed by atoms with van der Waals surface area (Å²) < 4.78 is 12.0. The molecule has 140 valence electrons. The van der Waals surface area contributed by atoms with E-state index in [4.69, 9.17) is 9.47 Å². The lowest BCUT2D eigenvalue weighted by atomic mass is 10.2. The van der Waals surface area contributed by atoms with Gasteiger partial charge in [0.1, 0.15) is 0 Å². The van der Waals surface area contributed by atoms with Crippen molar-refractivity contribution in [2.75, 3.05) is 27.3 Å². The van der Waals surface area contributed by atoms with Crippen molar-refractivity contribution in [3.8, 4) is 11.5 Å². The van der Waals surface area contributed by atoms with E-state index < -0.39 is 5.91 Å². The summed E-state index contributed by atoms with van der Waals surface area (Å²) >= 11 is 0. The molecule has 3 rings (SSSR count). The summed E-state index contributed by atoms with van der Waals surface area (Å²) in [4.78, 5) is 34.7. The van der Waals surface area contributed by atoms with Gasteiger partial charge in [-0.1, -0.05) is 11.1 Å². The Labute approximate surface area is 157 Å². The van der Waals surface area contributed by atoms with Gasteiger partial charge >= 0.3 is 17.8 Å². The number of amidine groups is 2. The average Bonchev–Trinajstić information content (AvgIpc) is 3.11. The summed E-state index contributed by atoms with van der Waals surface area (Å²) in [6.45, 7) is 4.28. The summed E-state index contributed by atoms with van der Waals surface area (Å²) in [5.41, 5.74) is 1.06. The number of fused-ring (bicyclic) bond motifs is 1. The molecule has 27 heavy (non-hydrogen) atoms. The molecule has 2 aliphatic rings. The fourth-order valence-corrected chi connectivity index (χ4v) is 2.90. The minimum Gasteiger partial charge on any atom is -0.493 e. The Morgan fingerprint density at radius 1 is 1.07 bits per heavy atom. The molecule has 0 spiro atoms. The summed E-state index contributed by atoms with van der Waals surface area (Å²) in [7, 11) is 3.15. The van der Waals surface area contributed by atoms with E-state index in [-0.39, 0.29) is 18.3 Å². The molecule has 0 saturated carbocycles. The van der Waals surface area contributed by atoms with Crippen LogP contribution in [-0.2, 0) is 4.79 Å². The van der Waals surface area contributed by atoms with Crippen molar-refractivity contribution >= 4 is 35.4 Å². The zero-order valence-electron chi connectivity index (χ0n) is 15.7. The summed E-state index contributed by atoms with van der Waals surface area (Å²) in [5, 5.41) is 0. The van der Waals surface area contributed by atoms with Crippen molar-refractivity contribution in [1.82, 2.24) is 4.90 Å². The molecule has 0 fully saturated rings. The van der Waals surface area contributed by atoms with Gasteiger partial charge in [0.05, 0.1) is 27.3 Å². The molecule has 0 aliphatic carbocycles. The first-order chi connectivity index (χ1) is 13.0. The quantitative estimate of drug-likeness (QED) is 0.718. The van der Waals surface area contributed by atoms with Crippen LogP contribution in [0, 0.1) is 0 Å². The fourth-order valence-electron chi connectivity index (χ4n) is 2.90. The van der Waals surface area contributed by atoms with Crippen LogP contribution in [0.4, 0.5) is 4.79 Å². The molecule has 1 aromatic carbocycles. The molecule has 8 nitrogen and oxygen atoms in total. The van der Waals surface area contributed by atoms with Gasteiger partial charge in [-0.2, -0.15) is 14.5 Å². The summed E-state index contributed by atoms with van der Waals surface area (Å²) in [6.07, 6.45) is 3.50. The highest BCUT2D eigenvalue weighted by Gasteiger charge is 2.46. The number of rotatable bonds is 6. The number of amides is 3. The van der Waals surface area contributed by atoms with Gasteiger partial charge in [-0.25, -0.2) is 9.59 Å². The van der Waals surface area contributed by atoms with Crippen molar-refractivity contribution in [1.29, 1.82) is 0 Å². The second-order valence-electron chi connectivity index (χ2n) is 5.78. The Bertz CT molecular complexity index is 928. The highest BCUT2D eigenvalue weighted by Crippen LogP contribution is 2.28. The zero-order valence-corrected chi connectivity index (χ0v) is 15.7. The second-order valence-corrected chi connectivity index (χ2v) is 5.78. The molecule has 2 heterocycles. The van der Waals surface area contributed by atoms with E-state index in [0.717, 1.165) is 5.56 Å². The van der Waals surface area contributed by atoms with E-state index in [1.165, 1.54) is 9.48 Å². The molecule has 1 aromatic rings. The summed E-state index contributed by atoms with van der Waals surface area (Å²) in [5.74, 6) is 1.51. The molecule has 0 N–H and O–H groups in total. The summed E-state index contributed by atoms with van der Waals surface area (Å²) in [6, 6.07) is 5.12. The molecule has 0 saturated heterocycles. The van der Waals surface area contributed by atoms with Gasteiger partial charge in [-0.15, -0.1) is 0 Å². The van der Waals surface area contributed by atoms with Crippen LogP contribution in [0.2, 0.25) is 0 Å². The minimum absolute atomic E-state index is 0.199. The minimum atomic E-state index is -0.416. The number of aliphatic imine (C=N–C) groups is 2. The van der Waals surface area contributed by atoms with E-state index in [9.17, 15) is 9.59 Å². The highest BCUT2D eigenvalue weighted by atomic mass is 16.5. The number of nitrogens with zero attached hydrogens (tertiary/aromatic N) is 4. The van der Waals surface area contributed by atoms with Crippen LogP contribution >= 0.6 is 0 Å². The van der Waals surface area contributed by atoms with E-state index in [1.807, 2.05) is 25.1 Å². The maximum absolute atomic E-state index is 12.5. The highest BCUT2D eigenvalue weighted by molar-refractivity contribution is 6.70. The van der Waals surface area contributed by atoms with Crippen molar-refractivity contribution in [3.63, 3.8) is 0 Å². The second kappa shape index (κ2) is 7.53. The van der Waals surface area contributed by atoms with Crippen LogP contribution in [0.5, 0.6) is 11.5 Å². The van der Waals surface area contributed by atoms with Gasteiger partial charge in [0.2, 0.25) is 11.5 Å². The Kier molecular flexibility index (Phi) is 5.16. The molecule has 0 unspecified atom stereocenters. The van der Waals surface area contributed by atoms with Crippen molar-refractivity contribution in [2.24, 2.45) is 9.98 Å². The van der Waals surface area contributed by atoms with Crippen LogP contribution in [-0.4, -0.2) is 66.1 Å². The van der Waals surface area contributed by atoms with Gasteiger partial charge in [-0.05, 0) is 37.6 Å². The van der Waals surface area contributed by atoms with Crippen molar-refractivity contribution < 1.29 is 23.6 Å². The number of imide groups is 1. The Hall–Kier alpha value is -3.29. The number of urea groups is 1. The lowest BCUT2D eigenvalue weighted by Crippen LogP contribution is -2.54. The Morgan fingerprint density at radius 3 is 2.44 bits per heavy atom. The molecule has 0 aromatic heterocycles. The standard InChI is InChI=1S/C19H21N4O4/c1-5-22-17-16(18(24)23(6-2)19(22)25)20-15(21-17)10-8-12-7-9-13(26-3)14(11-12)27-4/h7-11H,5-6H2,1-4H3/q+1. The van der Waals surface area contributed by atoms with E-state index >= 15 is 0 Å². The number of ether oxygens (including phenoxy) is 2. The lowest BCUT2D eigenvalue weighted by Gasteiger charge is -2.19. The van der Waals surface area contributed by atoms with Gasteiger partial charge < -0.3 is 9.47 Å². The average molecular weight is 369 g/mol. The maximum Gasteiger partial charge on any atom is 0.446 e. The molecule has 8 heteroatoms. The molecule has 0 atom stereocenters. The topological polar surface area (TPSA) is 83.6 Å². The van der Waals surface area contributed by atoms with Crippen LogP contribution in [0.25, 0.3) is 6.08 Å². The zero-order chi connectivity index (χ0) is 19.6. The van der Waals surface area contributed by atoms with Gasteiger partial charge in [0, 0.05) is 6.08 Å². The molecule has 0 radical (unpaired) electrons. The molecular weight excluding hydrogens is 348 g/mol. The number of methoxy groups -OCH3 is 2. The molecule has 0 bridgehead atoms. The third-order valence-electron chi connectivity index (χ3n) is 4.29. The third-order valence-corrected chi connectivity index (χ3v) is 4.29. The fraction of sp³-hybridized carbons (Fsp3) is 0.316.